The van der Waals surface area contributed by atoms with Crippen LogP contribution in [0.3, 0.4) is 0 Å². The molecule has 2 heterocycles. The second kappa shape index (κ2) is 4.18. The first-order chi connectivity index (χ1) is 8.78. The van der Waals surface area contributed by atoms with Gasteiger partial charge in [-0.25, -0.2) is 9.97 Å². The van der Waals surface area contributed by atoms with E-state index in [0.29, 0.717) is 5.95 Å². The molecule has 0 atom stereocenters. The van der Waals surface area contributed by atoms with E-state index in [1.54, 1.807) is 13.2 Å². The zero-order chi connectivity index (χ0) is 12.5. The van der Waals surface area contributed by atoms with E-state index in [9.17, 15) is 0 Å². The molecule has 5 nitrogen and oxygen atoms in total. The summed E-state index contributed by atoms with van der Waals surface area (Å²) in [5.41, 5.74) is 2.99. The number of aromatic nitrogens is 2. The fraction of sp³-hybridized carbons (Fsp3) is 0.231. The Morgan fingerprint density at radius 2 is 2.00 bits per heavy atom. The summed E-state index contributed by atoms with van der Waals surface area (Å²) in [7, 11) is 1.80. The van der Waals surface area contributed by atoms with E-state index < -0.39 is 0 Å². The normalized spacial score (nSPS) is 12.6. The molecule has 1 N–H and O–H groups in total. The lowest BCUT2D eigenvalue weighted by Gasteiger charge is -2.08. The van der Waals surface area contributed by atoms with Crippen molar-refractivity contribution in [3.05, 3.63) is 30.0 Å². The van der Waals surface area contributed by atoms with E-state index in [1.807, 2.05) is 25.1 Å². The highest BCUT2D eigenvalue weighted by Gasteiger charge is 2.17. The van der Waals surface area contributed by atoms with E-state index in [4.69, 9.17) is 9.47 Å². The van der Waals surface area contributed by atoms with E-state index in [2.05, 4.69) is 15.3 Å². The minimum atomic E-state index is 0.282. The SMILES string of the molecule is CNc1nccc(-c2cc3c(cc2C)OCO3)n1. The van der Waals surface area contributed by atoms with Crippen molar-refractivity contribution in [2.45, 2.75) is 6.92 Å². The molecule has 0 unspecified atom stereocenters. The highest BCUT2D eigenvalue weighted by Crippen LogP contribution is 2.37. The van der Waals surface area contributed by atoms with Crippen molar-refractivity contribution >= 4 is 5.95 Å². The number of nitrogens with zero attached hydrogens (tertiary/aromatic N) is 2. The molecule has 0 amide bonds. The summed E-state index contributed by atoms with van der Waals surface area (Å²) in [6, 6.07) is 5.81. The highest BCUT2D eigenvalue weighted by molar-refractivity contribution is 5.69. The Bertz CT molecular complexity index is 599. The summed E-state index contributed by atoms with van der Waals surface area (Å²) < 4.78 is 10.7. The van der Waals surface area contributed by atoms with Crippen molar-refractivity contribution in [1.29, 1.82) is 0 Å². The van der Waals surface area contributed by atoms with Crippen LogP contribution in [-0.4, -0.2) is 23.8 Å². The van der Waals surface area contributed by atoms with Crippen LogP contribution in [0.15, 0.2) is 24.4 Å². The van der Waals surface area contributed by atoms with Crippen molar-refractivity contribution < 1.29 is 9.47 Å². The molecule has 0 radical (unpaired) electrons. The van der Waals surface area contributed by atoms with Gasteiger partial charge in [-0.15, -0.1) is 0 Å². The Morgan fingerprint density at radius 1 is 1.22 bits per heavy atom. The number of hydrogen-bond acceptors (Lipinski definition) is 5. The van der Waals surface area contributed by atoms with E-state index in [1.165, 1.54) is 0 Å². The van der Waals surface area contributed by atoms with Crippen LogP contribution in [0.25, 0.3) is 11.3 Å². The number of fused-ring (bicyclic) bond motifs is 1. The second-order valence-electron chi connectivity index (χ2n) is 4.04. The molecular weight excluding hydrogens is 230 g/mol. The fourth-order valence-corrected chi connectivity index (χ4v) is 1.95. The van der Waals surface area contributed by atoms with E-state index >= 15 is 0 Å². The first-order valence-electron chi connectivity index (χ1n) is 5.69. The van der Waals surface area contributed by atoms with Gasteiger partial charge in [-0.1, -0.05) is 0 Å². The lowest BCUT2D eigenvalue weighted by molar-refractivity contribution is 0.174. The fourth-order valence-electron chi connectivity index (χ4n) is 1.95. The van der Waals surface area contributed by atoms with Gasteiger partial charge >= 0.3 is 0 Å². The van der Waals surface area contributed by atoms with Gasteiger partial charge in [0.25, 0.3) is 0 Å². The van der Waals surface area contributed by atoms with Gasteiger partial charge in [-0.3, -0.25) is 0 Å². The minimum absolute atomic E-state index is 0.282. The highest BCUT2D eigenvalue weighted by atomic mass is 16.7. The summed E-state index contributed by atoms with van der Waals surface area (Å²) in [6.07, 6.45) is 1.73. The molecule has 1 aromatic heterocycles. The molecule has 0 saturated carbocycles. The maximum Gasteiger partial charge on any atom is 0.231 e. The smallest absolute Gasteiger partial charge is 0.231 e. The molecule has 1 aromatic carbocycles. The Morgan fingerprint density at radius 3 is 2.78 bits per heavy atom. The topological polar surface area (TPSA) is 56.3 Å². The molecule has 0 bridgehead atoms. The molecule has 5 heteroatoms. The molecule has 1 aliphatic heterocycles. The number of nitrogens with one attached hydrogen (secondary N) is 1. The number of benzene rings is 1. The summed E-state index contributed by atoms with van der Waals surface area (Å²) in [4.78, 5) is 8.54. The molecule has 1 aliphatic rings. The van der Waals surface area contributed by atoms with Gasteiger partial charge in [-0.05, 0) is 30.7 Å². The summed E-state index contributed by atoms with van der Waals surface area (Å²) in [5, 5.41) is 2.93. The summed E-state index contributed by atoms with van der Waals surface area (Å²) in [6.45, 7) is 2.31. The molecule has 18 heavy (non-hydrogen) atoms. The van der Waals surface area contributed by atoms with Crippen molar-refractivity contribution in [3.8, 4) is 22.8 Å². The average Bonchev–Trinajstić information content (AvgIpc) is 2.85. The lowest BCUT2D eigenvalue weighted by atomic mass is 10.0. The van der Waals surface area contributed by atoms with Gasteiger partial charge in [0, 0.05) is 18.8 Å². The predicted octanol–water partition coefficient (Wildman–Crippen LogP) is 2.22. The number of aryl methyl sites for hydroxylation is 1. The monoisotopic (exact) mass is 243 g/mol. The zero-order valence-corrected chi connectivity index (χ0v) is 10.2. The maximum absolute atomic E-state index is 5.39. The third kappa shape index (κ3) is 1.73. The minimum Gasteiger partial charge on any atom is -0.454 e. The predicted molar refractivity (Wildman–Crippen MR) is 67.9 cm³/mol. The molecule has 0 aliphatic carbocycles. The van der Waals surface area contributed by atoms with E-state index in [-0.39, 0.29) is 6.79 Å². The van der Waals surface area contributed by atoms with Crippen LogP contribution in [0.2, 0.25) is 0 Å². The van der Waals surface area contributed by atoms with Crippen LogP contribution in [-0.2, 0) is 0 Å². The van der Waals surface area contributed by atoms with Crippen LogP contribution in [0.4, 0.5) is 5.95 Å². The van der Waals surface area contributed by atoms with Gasteiger partial charge in [0.15, 0.2) is 11.5 Å². The molecule has 92 valence electrons. The van der Waals surface area contributed by atoms with Crippen LogP contribution in [0, 0.1) is 6.92 Å². The first-order valence-corrected chi connectivity index (χ1v) is 5.69. The second-order valence-corrected chi connectivity index (χ2v) is 4.04. The molecule has 0 spiro atoms. The Kier molecular flexibility index (Phi) is 2.51. The Hall–Kier alpha value is -2.30. The van der Waals surface area contributed by atoms with Crippen LogP contribution >= 0.6 is 0 Å². The van der Waals surface area contributed by atoms with Gasteiger partial charge in [0.1, 0.15) is 0 Å². The number of hydrogen-bond donors (Lipinski definition) is 1. The first kappa shape index (κ1) is 10.8. The summed E-state index contributed by atoms with van der Waals surface area (Å²) >= 11 is 0. The zero-order valence-electron chi connectivity index (χ0n) is 10.2. The molecule has 3 rings (SSSR count). The van der Waals surface area contributed by atoms with Gasteiger partial charge in [0.05, 0.1) is 5.69 Å². The third-order valence-corrected chi connectivity index (χ3v) is 2.87. The number of anilines is 1. The van der Waals surface area contributed by atoms with E-state index in [0.717, 1.165) is 28.3 Å². The maximum atomic E-state index is 5.39. The van der Waals surface area contributed by atoms with Crippen LogP contribution in [0.1, 0.15) is 5.56 Å². The standard InChI is InChI=1S/C13H13N3O2/c1-8-5-11-12(18-7-17-11)6-9(8)10-3-4-15-13(14-2)16-10/h3-6H,7H2,1-2H3,(H,14,15,16). The van der Waals surface area contributed by atoms with Crippen molar-refractivity contribution in [2.24, 2.45) is 0 Å². The summed E-state index contributed by atoms with van der Waals surface area (Å²) in [5.74, 6) is 2.16. The molecule has 0 fully saturated rings. The molecule has 2 aromatic rings. The third-order valence-electron chi connectivity index (χ3n) is 2.87. The number of rotatable bonds is 2. The largest absolute Gasteiger partial charge is 0.454 e. The van der Waals surface area contributed by atoms with Crippen molar-refractivity contribution in [3.63, 3.8) is 0 Å². The van der Waals surface area contributed by atoms with Crippen molar-refractivity contribution in [2.75, 3.05) is 19.2 Å². The van der Waals surface area contributed by atoms with Crippen LogP contribution in [0.5, 0.6) is 11.5 Å². The quantitative estimate of drug-likeness (QED) is 0.876. The van der Waals surface area contributed by atoms with Gasteiger partial charge in [0.2, 0.25) is 12.7 Å². The lowest BCUT2D eigenvalue weighted by Crippen LogP contribution is -1.97. The van der Waals surface area contributed by atoms with Gasteiger partial charge < -0.3 is 14.8 Å². The molecular formula is C13H13N3O2. The Labute approximate surface area is 105 Å². The van der Waals surface area contributed by atoms with Gasteiger partial charge in [-0.2, -0.15) is 0 Å². The van der Waals surface area contributed by atoms with Crippen molar-refractivity contribution in [1.82, 2.24) is 9.97 Å². The Balaban J connectivity index is 2.10. The van der Waals surface area contributed by atoms with Crippen LogP contribution < -0.4 is 14.8 Å². The number of ether oxygens (including phenoxy) is 2. The molecule has 0 saturated heterocycles. The average molecular weight is 243 g/mol.